The van der Waals surface area contributed by atoms with E-state index in [-0.39, 0.29) is 6.61 Å². The molecule has 0 saturated heterocycles. The van der Waals surface area contributed by atoms with Crippen LogP contribution in [0.5, 0.6) is 0 Å². The molecule has 0 atom stereocenters. The second-order valence-electron chi connectivity index (χ2n) is 6.58. The maximum absolute atomic E-state index is 9.56. The topological polar surface area (TPSA) is 89.9 Å². The van der Waals surface area contributed by atoms with Crippen molar-refractivity contribution in [2.45, 2.75) is 19.4 Å². The van der Waals surface area contributed by atoms with Gasteiger partial charge in [-0.15, -0.1) is 5.10 Å². The Bertz CT molecular complexity index is 1090. The molecule has 0 aliphatic heterocycles. The van der Waals surface area contributed by atoms with E-state index in [4.69, 9.17) is 16.1 Å². The molecule has 0 unspecified atom stereocenters. The summed E-state index contributed by atoms with van der Waals surface area (Å²) in [6, 6.07) is 12.9. The molecule has 4 aromatic rings. The molecule has 0 bridgehead atoms. The third kappa shape index (κ3) is 2.75. The van der Waals surface area contributed by atoms with Gasteiger partial charge in [0.15, 0.2) is 0 Å². The molecular weight excluding hydrogens is 354 g/mol. The number of aliphatic hydroxyl groups is 1. The molecule has 1 N–H and O–H groups in total. The Hall–Kier alpha value is -2.77. The number of aromatic nitrogens is 5. The van der Waals surface area contributed by atoms with Crippen LogP contribution in [0, 0.1) is 0 Å². The lowest BCUT2D eigenvalue weighted by molar-refractivity contribution is 0.154. The van der Waals surface area contributed by atoms with Gasteiger partial charge in [-0.3, -0.25) is 0 Å². The molecule has 0 saturated carbocycles. The lowest BCUT2D eigenvalue weighted by Gasteiger charge is -2.22. The van der Waals surface area contributed by atoms with Crippen LogP contribution in [0.2, 0.25) is 5.02 Å². The quantitative estimate of drug-likeness (QED) is 0.591. The summed E-state index contributed by atoms with van der Waals surface area (Å²) in [6.45, 7) is 3.74. The summed E-state index contributed by atoms with van der Waals surface area (Å²) in [5.41, 5.74) is 2.41. The molecule has 0 amide bonds. The summed E-state index contributed by atoms with van der Waals surface area (Å²) in [7, 11) is 0. The molecule has 7 nitrogen and oxygen atoms in total. The Balaban J connectivity index is 1.73. The average Bonchev–Trinajstić information content (AvgIpc) is 3.29. The van der Waals surface area contributed by atoms with Crippen molar-refractivity contribution in [3.63, 3.8) is 0 Å². The van der Waals surface area contributed by atoms with Gasteiger partial charge in [0.2, 0.25) is 5.82 Å². The third-order valence-electron chi connectivity index (χ3n) is 4.19. The first-order valence-corrected chi connectivity index (χ1v) is 8.43. The molecule has 0 aliphatic carbocycles. The lowest BCUT2D eigenvalue weighted by atomic mass is 10.1. The number of hydrogen-bond acceptors (Lipinski definition) is 6. The Morgan fingerprint density at radius 3 is 2.77 bits per heavy atom. The number of halogens is 1. The second kappa shape index (κ2) is 6.19. The number of hydrogen-bond donors (Lipinski definition) is 1. The summed E-state index contributed by atoms with van der Waals surface area (Å²) in [6.07, 6.45) is 0. The number of fused-ring (bicyclic) bond motifs is 1. The second-order valence-corrected chi connectivity index (χ2v) is 6.99. The van der Waals surface area contributed by atoms with Crippen molar-refractivity contribution in [3.05, 3.63) is 47.5 Å². The molecule has 0 radical (unpaired) electrons. The van der Waals surface area contributed by atoms with Gasteiger partial charge in [0.1, 0.15) is 5.52 Å². The highest BCUT2D eigenvalue weighted by atomic mass is 35.5. The van der Waals surface area contributed by atoms with Crippen molar-refractivity contribution in [1.29, 1.82) is 0 Å². The van der Waals surface area contributed by atoms with E-state index in [9.17, 15) is 5.11 Å². The van der Waals surface area contributed by atoms with Crippen LogP contribution in [0.4, 0.5) is 0 Å². The number of nitrogens with zero attached hydrogens (tertiary/aromatic N) is 5. The van der Waals surface area contributed by atoms with Crippen LogP contribution in [-0.2, 0) is 5.54 Å². The van der Waals surface area contributed by atoms with Gasteiger partial charge < -0.3 is 9.63 Å². The fraction of sp³-hybridized carbons (Fsp3) is 0.222. The van der Waals surface area contributed by atoms with Crippen LogP contribution < -0.4 is 0 Å². The van der Waals surface area contributed by atoms with Gasteiger partial charge in [-0.25, -0.2) is 4.68 Å². The van der Waals surface area contributed by atoms with Crippen molar-refractivity contribution in [2.75, 3.05) is 6.61 Å². The zero-order valence-electron chi connectivity index (χ0n) is 14.2. The number of rotatable bonds is 4. The zero-order valence-corrected chi connectivity index (χ0v) is 15.0. The van der Waals surface area contributed by atoms with E-state index < -0.39 is 5.54 Å². The monoisotopic (exact) mass is 369 g/mol. The Morgan fingerprint density at radius 1 is 1.19 bits per heavy atom. The summed E-state index contributed by atoms with van der Waals surface area (Å²) < 4.78 is 7.06. The Morgan fingerprint density at radius 2 is 2.00 bits per heavy atom. The highest BCUT2D eigenvalue weighted by Gasteiger charge is 2.23. The van der Waals surface area contributed by atoms with Crippen LogP contribution >= 0.6 is 11.6 Å². The molecule has 0 spiro atoms. The van der Waals surface area contributed by atoms with Gasteiger partial charge in [-0.1, -0.05) is 34.1 Å². The van der Waals surface area contributed by atoms with E-state index in [1.165, 1.54) is 0 Å². The average molecular weight is 370 g/mol. The normalized spacial score (nSPS) is 12.0. The molecule has 2 aromatic heterocycles. The summed E-state index contributed by atoms with van der Waals surface area (Å²) in [4.78, 5) is 4.43. The van der Waals surface area contributed by atoms with E-state index in [1.807, 2.05) is 50.2 Å². The van der Waals surface area contributed by atoms with Gasteiger partial charge in [0.25, 0.3) is 5.89 Å². The largest absolute Gasteiger partial charge is 0.394 e. The van der Waals surface area contributed by atoms with Crippen molar-refractivity contribution in [3.8, 4) is 22.8 Å². The van der Waals surface area contributed by atoms with E-state index in [0.29, 0.717) is 27.8 Å². The van der Waals surface area contributed by atoms with E-state index in [2.05, 4.69) is 20.5 Å². The van der Waals surface area contributed by atoms with Gasteiger partial charge in [-0.2, -0.15) is 4.98 Å². The SMILES string of the molecule is CC(C)(CO)n1nnc2cc(-c3noc(-c4ccccc4Cl)n3)ccc21. The first kappa shape index (κ1) is 16.7. The van der Waals surface area contributed by atoms with E-state index in [0.717, 1.165) is 11.1 Å². The minimum atomic E-state index is -0.542. The maximum atomic E-state index is 9.56. The fourth-order valence-electron chi connectivity index (χ4n) is 2.66. The van der Waals surface area contributed by atoms with E-state index >= 15 is 0 Å². The van der Waals surface area contributed by atoms with Crippen molar-refractivity contribution >= 4 is 22.6 Å². The molecule has 8 heteroatoms. The molecule has 0 aliphatic rings. The molecule has 2 aromatic carbocycles. The fourth-order valence-corrected chi connectivity index (χ4v) is 2.88. The molecule has 26 heavy (non-hydrogen) atoms. The standard InChI is InChI=1S/C18H16ClN5O2/c1-18(2,10-25)24-15-8-7-11(9-14(15)21-23-24)16-20-17(26-22-16)12-5-3-4-6-13(12)19/h3-9,25H,10H2,1-2H3. The molecule has 132 valence electrons. The van der Waals surface area contributed by atoms with Crippen molar-refractivity contribution in [1.82, 2.24) is 25.1 Å². The molecule has 4 rings (SSSR count). The van der Waals surface area contributed by atoms with Crippen LogP contribution in [-0.4, -0.2) is 36.8 Å². The van der Waals surface area contributed by atoms with Gasteiger partial charge in [-0.05, 0) is 44.2 Å². The van der Waals surface area contributed by atoms with Crippen LogP contribution in [0.15, 0.2) is 47.0 Å². The zero-order chi connectivity index (χ0) is 18.3. The first-order valence-electron chi connectivity index (χ1n) is 8.05. The van der Waals surface area contributed by atoms with Crippen molar-refractivity contribution < 1.29 is 9.63 Å². The van der Waals surface area contributed by atoms with Gasteiger partial charge in [0, 0.05) is 5.56 Å². The Labute approximate surface area is 154 Å². The maximum Gasteiger partial charge on any atom is 0.259 e. The molecule has 0 fully saturated rings. The van der Waals surface area contributed by atoms with Crippen LogP contribution in [0.3, 0.4) is 0 Å². The minimum absolute atomic E-state index is 0.0424. The smallest absolute Gasteiger partial charge is 0.259 e. The third-order valence-corrected chi connectivity index (χ3v) is 4.52. The van der Waals surface area contributed by atoms with Crippen LogP contribution in [0.1, 0.15) is 13.8 Å². The summed E-state index contributed by atoms with van der Waals surface area (Å²) in [5, 5.41) is 22.5. The highest BCUT2D eigenvalue weighted by molar-refractivity contribution is 6.33. The first-order chi connectivity index (χ1) is 12.5. The number of benzene rings is 2. The Kier molecular flexibility index (Phi) is 3.97. The van der Waals surface area contributed by atoms with Gasteiger partial charge >= 0.3 is 0 Å². The summed E-state index contributed by atoms with van der Waals surface area (Å²) >= 11 is 6.18. The van der Waals surface area contributed by atoms with Crippen molar-refractivity contribution in [2.24, 2.45) is 0 Å². The number of aliphatic hydroxyl groups excluding tert-OH is 1. The van der Waals surface area contributed by atoms with Gasteiger partial charge in [0.05, 0.1) is 28.2 Å². The lowest BCUT2D eigenvalue weighted by Crippen LogP contribution is -2.31. The molecule has 2 heterocycles. The highest BCUT2D eigenvalue weighted by Crippen LogP contribution is 2.29. The predicted molar refractivity (Wildman–Crippen MR) is 97.7 cm³/mol. The minimum Gasteiger partial charge on any atom is -0.394 e. The molecular formula is C18H16ClN5O2. The van der Waals surface area contributed by atoms with E-state index in [1.54, 1.807) is 10.7 Å². The predicted octanol–water partition coefficient (Wildman–Crippen LogP) is 3.53. The van der Waals surface area contributed by atoms with Crippen LogP contribution in [0.25, 0.3) is 33.9 Å². The summed E-state index contributed by atoms with van der Waals surface area (Å²) in [5.74, 6) is 0.800.